The lowest BCUT2D eigenvalue weighted by molar-refractivity contribution is -0.150. The molecule has 0 aliphatic carbocycles. The SMILES string of the molecule is Cn1nnnc1SCC1=C(C(=O)O)N2C(=O)C(NC(=O)C(=NOCC(=O)Nc3cccc(Cl)c3)c3csc(NC=O)n3)[C@H]2SC1. The minimum Gasteiger partial charge on any atom is -0.477 e. The van der Waals surface area contributed by atoms with E-state index in [4.69, 9.17) is 16.4 Å². The summed E-state index contributed by atoms with van der Waals surface area (Å²) in [6.45, 7) is -0.584. The van der Waals surface area contributed by atoms with E-state index in [-0.39, 0.29) is 33.7 Å². The highest BCUT2D eigenvalue weighted by atomic mass is 35.5. The topological polar surface area (TPSA) is 223 Å². The van der Waals surface area contributed by atoms with Gasteiger partial charge in [0.2, 0.25) is 11.6 Å². The lowest BCUT2D eigenvalue weighted by Crippen LogP contribution is -2.71. The van der Waals surface area contributed by atoms with E-state index in [1.165, 1.54) is 39.7 Å². The molecule has 3 aromatic rings. The van der Waals surface area contributed by atoms with Crippen molar-refractivity contribution in [1.29, 1.82) is 0 Å². The van der Waals surface area contributed by atoms with E-state index < -0.39 is 41.7 Å². The van der Waals surface area contributed by atoms with Gasteiger partial charge in [-0.2, -0.15) is 0 Å². The van der Waals surface area contributed by atoms with Gasteiger partial charge in [-0.15, -0.1) is 28.2 Å². The first kappa shape index (κ1) is 31.9. The van der Waals surface area contributed by atoms with Gasteiger partial charge in [0.05, 0.1) is 0 Å². The summed E-state index contributed by atoms with van der Waals surface area (Å²) in [4.78, 5) is 72.4. The molecular weight excluding hydrogens is 672 g/mol. The Labute approximate surface area is 270 Å². The number of rotatable bonds is 13. The minimum atomic E-state index is -1.28. The van der Waals surface area contributed by atoms with Gasteiger partial charge in [0, 0.05) is 34.6 Å². The molecule has 1 fully saturated rings. The molecular formula is C24H21ClN10O7S3. The van der Waals surface area contributed by atoms with Crippen molar-refractivity contribution in [3.63, 3.8) is 0 Å². The van der Waals surface area contributed by atoms with Crippen LogP contribution in [-0.2, 0) is 35.9 Å². The van der Waals surface area contributed by atoms with Gasteiger partial charge >= 0.3 is 5.97 Å². The Morgan fingerprint density at radius 3 is 2.87 bits per heavy atom. The highest BCUT2D eigenvalue weighted by Gasteiger charge is 2.54. The largest absolute Gasteiger partial charge is 0.477 e. The fraction of sp³-hybridized carbons (Fsp3) is 0.250. The second kappa shape index (κ2) is 14.1. The number of tetrazole rings is 1. The molecule has 0 radical (unpaired) electrons. The maximum absolute atomic E-state index is 13.4. The van der Waals surface area contributed by atoms with Gasteiger partial charge in [0.15, 0.2) is 17.5 Å². The van der Waals surface area contributed by atoms with E-state index in [0.29, 0.717) is 27.8 Å². The molecule has 21 heteroatoms. The van der Waals surface area contributed by atoms with Crippen molar-refractivity contribution < 1.29 is 33.9 Å². The molecule has 0 saturated carbocycles. The van der Waals surface area contributed by atoms with Crippen LogP contribution in [0.5, 0.6) is 0 Å². The number of carbonyl (C=O) groups is 5. The van der Waals surface area contributed by atoms with Gasteiger partial charge < -0.3 is 25.9 Å². The third-order valence-corrected chi connectivity index (χ3v) is 9.54. The molecule has 1 unspecified atom stereocenters. The van der Waals surface area contributed by atoms with Crippen LogP contribution in [0.3, 0.4) is 0 Å². The van der Waals surface area contributed by atoms with Crippen LogP contribution in [0.2, 0.25) is 5.02 Å². The van der Waals surface area contributed by atoms with E-state index in [0.717, 1.165) is 16.2 Å². The Bertz CT molecular complexity index is 1730. The molecule has 2 aliphatic rings. The minimum absolute atomic E-state index is 0.000668. The van der Waals surface area contributed by atoms with E-state index in [9.17, 15) is 29.1 Å². The predicted octanol–water partition coefficient (Wildman–Crippen LogP) is 0.779. The number of carbonyl (C=O) groups excluding carboxylic acids is 4. The van der Waals surface area contributed by atoms with Crippen LogP contribution in [0, 0.1) is 0 Å². The van der Waals surface area contributed by atoms with Crippen LogP contribution in [0.1, 0.15) is 5.69 Å². The number of aliphatic carboxylic acids is 1. The molecule has 4 amide bonds. The lowest BCUT2D eigenvalue weighted by atomic mass is 10.0. The number of anilines is 2. The van der Waals surface area contributed by atoms with Gasteiger partial charge in [0.1, 0.15) is 22.8 Å². The number of fused-ring (bicyclic) bond motifs is 1. The number of thioether (sulfide) groups is 2. The Morgan fingerprint density at radius 2 is 2.16 bits per heavy atom. The Hall–Kier alpha value is -4.53. The number of carboxylic acids is 1. The first-order chi connectivity index (χ1) is 21.7. The molecule has 4 N–H and O–H groups in total. The van der Waals surface area contributed by atoms with Crippen LogP contribution < -0.4 is 16.0 Å². The molecule has 1 aromatic carbocycles. The zero-order valence-electron chi connectivity index (χ0n) is 22.9. The fourth-order valence-electron chi connectivity index (χ4n) is 4.12. The van der Waals surface area contributed by atoms with Crippen LogP contribution >= 0.6 is 46.5 Å². The number of aromatic nitrogens is 5. The number of carboxylic acid groups (broad SMARTS) is 1. The molecule has 0 spiro atoms. The Morgan fingerprint density at radius 1 is 1.33 bits per heavy atom. The Kier molecular flexibility index (Phi) is 9.96. The van der Waals surface area contributed by atoms with Crippen molar-refractivity contribution in [3.05, 3.63) is 51.6 Å². The first-order valence-corrected chi connectivity index (χ1v) is 15.9. The zero-order chi connectivity index (χ0) is 32.1. The summed E-state index contributed by atoms with van der Waals surface area (Å²) in [6.07, 6.45) is 0.405. The number of halogens is 1. The second-order valence-electron chi connectivity index (χ2n) is 9.06. The van der Waals surface area contributed by atoms with E-state index in [1.54, 1.807) is 25.2 Å². The normalized spacial score (nSPS) is 17.7. The summed E-state index contributed by atoms with van der Waals surface area (Å²) in [5.74, 6) is -2.87. The van der Waals surface area contributed by atoms with Gasteiger partial charge in [-0.1, -0.05) is 34.6 Å². The van der Waals surface area contributed by atoms with Crippen LogP contribution in [0.15, 0.2) is 51.2 Å². The van der Waals surface area contributed by atoms with Gasteiger partial charge in [-0.25, -0.2) is 14.5 Å². The predicted molar refractivity (Wildman–Crippen MR) is 164 cm³/mol. The molecule has 45 heavy (non-hydrogen) atoms. The molecule has 4 heterocycles. The maximum Gasteiger partial charge on any atom is 0.352 e. The van der Waals surface area contributed by atoms with E-state index >= 15 is 0 Å². The number of oxime groups is 1. The van der Waals surface area contributed by atoms with E-state index in [1.807, 2.05) is 0 Å². The standard InChI is InChI=1S/C24H21ClN10O7S3/c1-34-24(30-32-33-34)45-8-11-7-43-21-17(20(39)35(21)18(11)22(40)41)29-19(38)16(14-9-44-23(28-14)26-10-36)31-42-6-15(37)27-13-4-2-3-12(25)5-13/h2-5,9-10,17,21H,6-8H2,1H3,(H,27,37)(H,29,38)(H,40,41)(H,26,28,36)/t17?,21-/m1/s1. The summed E-state index contributed by atoms with van der Waals surface area (Å²) in [5, 5.41) is 34.2. The molecule has 2 aromatic heterocycles. The molecule has 17 nitrogen and oxygen atoms in total. The van der Waals surface area contributed by atoms with Gasteiger partial charge in [-0.05, 0) is 34.2 Å². The molecule has 2 aliphatic heterocycles. The van der Waals surface area contributed by atoms with Crippen LogP contribution in [-0.4, -0.2) is 101 Å². The first-order valence-electron chi connectivity index (χ1n) is 12.6. The lowest BCUT2D eigenvalue weighted by Gasteiger charge is -2.49. The van der Waals surface area contributed by atoms with Gasteiger partial charge in [0.25, 0.3) is 17.7 Å². The summed E-state index contributed by atoms with van der Waals surface area (Å²) in [7, 11) is 1.65. The second-order valence-corrected chi connectivity index (χ2v) is 12.4. The van der Waals surface area contributed by atoms with Crippen molar-refractivity contribution in [2.75, 3.05) is 28.7 Å². The van der Waals surface area contributed by atoms with Crippen LogP contribution in [0.4, 0.5) is 10.8 Å². The third-order valence-electron chi connectivity index (χ3n) is 6.10. The number of nitrogens with zero attached hydrogens (tertiary/aromatic N) is 7. The number of hydrogen-bond acceptors (Lipinski definition) is 14. The number of nitrogens with one attached hydrogen (secondary N) is 3. The van der Waals surface area contributed by atoms with Gasteiger partial charge in [-0.3, -0.25) is 24.1 Å². The molecule has 5 rings (SSSR count). The maximum atomic E-state index is 13.4. The number of benzene rings is 1. The number of thiazole rings is 1. The summed E-state index contributed by atoms with van der Waals surface area (Å²) in [5.41, 5.74) is 0.377. The summed E-state index contributed by atoms with van der Waals surface area (Å²) >= 11 is 9.44. The highest BCUT2D eigenvalue weighted by Crippen LogP contribution is 2.41. The molecule has 1 saturated heterocycles. The zero-order valence-corrected chi connectivity index (χ0v) is 26.1. The van der Waals surface area contributed by atoms with Crippen LogP contribution in [0.25, 0.3) is 0 Å². The third kappa shape index (κ3) is 7.24. The average Bonchev–Trinajstić information content (AvgIpc) is 3.64. The van der Waals surface area contributed by atoms with Crippen molar-refractivity contribution in [3.8, 4) is 0 Å². The number of β-lactam (4-membered cyclic amide) rings is 1. The van der Waals surface area contributed by atoms with E-state index in [2.05, 4.69) is 41.6 Å². The summed E-state index contributed by atoms with van der Waals surface area (Å²) in [6, 6.07) is 5.35. The highest BCUT2D eigenvalue weighted by molar-refractivity contribution is 8.01. The number of amides is 4. The fourth-order valence-corrected chi connectivity index (χ4v) is 7.30. The van der Waals surface area contributed by atoms with Crippen molar-refractivity contribution in [2.45, 2.75) is 16.6 Å². The number of hydrogen-bond donors (Lipinski definition) is 4. The quantitative estimate of drug-likeness (QED) is 0.0640. The van der Waals surface area contributed by atoms with Crippen molar-refractivity contribution >= 4 is 93.1 Å². The Balaban J connectivity index is 1.28. The van der Waals surface area contributed by atoms with Crippen molar-refractivity contribution in [2.24, 2.45) is 12.2 Å². The monoisotopic (exact) mass is 692 g/mol. The molecule has 0 bridgehead atoms. The smallest absolute Gasteiger partial charge is 0.352 e. The summed E-state index contributed by atoms with van der Waals surface area (Å²) < 4.78 is 1.44. The number of aryl methyl sites for hydroxylation is 1. The average molecular weight is 693 g/mol. The van der Waals surface area contributed by atoms with Crippen molar-refractivity contribution in [1.82, 2.24) is 35.4 Å². The molecule has 2 atom stereocenters. The molecule has 234 valence electrons.